The van der Waals surface area contributed by atoms with Crippen molar-refractivity contribution in [1.29, 1.82) is 0 Å². The van der Waals surface area contributed by atoms with Gasteiger partial charge in [-0.1, -0.05) is 17.7 Å². The standard InChI is InChI=1S/C24H24F2N6O/c1-4-31-22-15(12-29-31)8-17-10-19(23(25)26)30-32(17)20-6-5-13(2)7-18(20)14(3)33-21-9-16(22)11-28-24(21)27/h5-7,9-12,14,23H,4,8H2,1-3H3,(H2,27,28)/t14-/m1/s1. The van der Waals surface area contributed by atoms with Crippen molar-refractivity contribution in [3.8, 4) is 22.7 Å². The van der Waals surface area contributed by atoms with Gasteiger partial charge in [0, 0.05) is 41.5 Å². The maximum Gasteiger partial charge on any atom is 0.282 e. The Morgan fingerprint density at radius 2 is 2.03 bits per heavy atom. The van der Waals surface area contributed by atoms with E-state index in [1.165, 1.54) is 6.07 Å². The number of nitrogens with two attached hydrogens (primary N) is 1. The van der Waals surface area contributed by atoms with Crippen molar-refractivity contribution in [3.63, 3.8) is 0 Å². The molecule has 0 spiro atoms. The second-order valence-corrected chi connectivity index (χ2v) is 8.21. The molecule has 4 aromatic rings. The highest BCUT2D eigenvalue weighted by molar-refractivity contribution is 5.68. The predicted molar refractivity (Wildman–Crippen MR) is 121 cm³/mol. The molecule has 5 rings (SSSR count). The minimum Gasteiger partial charge on any atom is -0.482 e. The van der Waals surface area contributed by atoms with Crippen molar-refractivity contribution in [1.82, 2.24) is 24.5 Å². The van der Waals surface area contributed by atoms with Crippen molar-refractivity contribution in [2.75, 3.05) is 5.73 Å². The fourth-order valence-electron chi connectivity index (χ4n) is 4.33. The molecule has 4 heterocycles. The number of pyridine rings is 1. The number of aromatic nitrogens is 5. The monoisotopic (exact) mass is 450 g/mol. The number of ether oxygens (including phenoxy) is 1. The Labute approximate surface area is 189 Å². The molecule has 0 saturated carbocycles. The summed E-state index contributed by atoms with van der Waals surface area (Å²) in [5, 5.41) is 8.79. The summed E-state index contributed by atoms with van der Waals surface area (Å²) in [6, 6.07) is 9.13. The van der Waals surface area contributed by atoms with Gasteiger partial charge >= 0.3 is 0 Å². The summed E-state index contributed by atoms with van der Waals surface area (Å²) in [5.41, 5.74) is 11.6. The van der Waals surface area contributed by atoms with Crippen LogP contribution >= 0.6 is 0 Å². The second kappa shape index (κ2) is 7.99. The fourth-order valence-corrected chi connectivity index (χ4v) is 4.33. The molecule has 0 saturated heterocycles. The lowest BCUT2D eigenvalue weighted by Crippen LogP contribution is -2.13. The molecular weight excluding hydrogens is 426 g/mol. The molecule has 2 bridgehead atoms. The number of benzene rings is 1. The van der Waals surface area contributed by atoms with E-state index in [2.05, 4.69) is 15.2 Å². The molecule has 1 atom stereocenters. The van der Waals surface area contributed by atoms with Gasteiger partial charge < -0.3 is 10.5 Å². The number of anilines is 1. The second-order valence-electron chi connectivity index (χ2n) is 8.21. The molecule has 7 nitrogen and oxygen atoms in total. The van der Waals surface area contributed by atoms with Gasteiger partial charge in [-0.25, -0.2) is 18.4 Å². The van der Waals surface area contributed by atoms with Gasteiger partial charge in [0.15, 0.2) is 11.6 Å². The Hall–Kier alpha value is -3.75. The molecule has 0 amide bonds. The van der Waals surface area contributed by atoms with Crippen LogP contribution in [0.2, 0.25) is 0 Å². The lowest BCUT2D eigenvalue weighted by atomic mass is 10.0. The Bertz CT molecular complexity index is 1340. The summed E-state index contributed by atoms with van der Waals surface area (Å²) < 4.78 is 37.1. The minimum absolute atomic E-state index is 0.268. The summed E-state index contributed by atoms with van der Waals surface area (Å²) in [6.07, 6.45) is 0.712. The summed E-state index contributed by atoms with van der Waals surface area (Å²) in [6.45, 7) is 6.50. The van der Waals surface area contributed by atoms with E-state index in [4.69, 9.17) is 10.5 Å². The number of halogens is 2. The largest absolute Gasteiger partial charge is 0.482 e. The number of fused-ring (bicyclic) bond motifs is 7. The van der Waals surface area contributed by atoms with Gasteiger partial charge in [0.2, 0.25) is 0 Å². The van der Waals surface area contributed by atoms with E-state index in [9.17, 15) is 8.78 Å². The first-order chi connectivity index (χ1) is 15.9. The van der Waals surface area contributed by atoms with Gasteiger partial charge in [-0.05, 0) is 39.0 Å². The predicted octanol–water partition coefficient (Wildman–Crippen LogP) is 5.02. The van der Waals surface area contributed by atoms with E-state index in [0.29, 0.717) is 30.1 Å². The van der Waals surface area contributed by atoms with E-state index in [1.807, 2.05) is 49.7 Å². The van der Waals surface area contributed by atoms with Crippen LogP contribution < -0.4 is 10.5 Å². The Balaban J connectivity index is 1.81. The van der Waals surface area contributed by atoms with Crippen molar-refractivity contribution >= 4 is 5.82 Å². The van der Waals surface area contributed by atoms with E-state index in [1.54, 1.807) is 17.1 Å². The number of hydrogen-bond acceptors (Lipinski definition) is 5. The zero-order valence-electron chi connectivity index (χ0n) is 18.6. The molecule has 33 heavy (non-hydrogen) atoms. The lowest BCUT2D eigenvalue weighted by molar-refractivity contribution is 0.145. The van der Waals surface area contributed by atoms with E-state index < -0.39 is 12.5 Å². The van der Waals surface area contributed by atoms with Gasteiger partial charge in [-0.15, -0.1) is 0 Å². The minimum atomic E-state index is -2.68. The Morgan fingerprint density at radius 3 is 2.79 bits per heavy atom. The smallest absolute Gasteiger partial charge is 0.282 e. The third-order valence-corrected chi connectivity index (χ3v) is 5.92. The zero-order chi connectivity index (χ0) is 23.3. The van der Waals surface area contributed by atoms with E-state index in [0.717, 1.165) is 27.9 Å². The Kier molecular flexibility index (Phi) is 5.11. The number of nitrogens with zero attached hydrogens (tertiary/aromatic N) is 5. The van der Waals surface area contributed by atoms with Crippen LogP contribution in [0, 0.1) is 6.92 Å². The van der Waals surface area contributed by atoms with Gasteiger partial charge in [-0.3, -0.25) is 4.68 Å². The van der Waals surface area contributed by atoms with Crippen molar-refractivity contribution < 1.29 is 13.5 Å². The topological polar surface area (TPSA) is 83.8 Å². The average molecular weight is 450 g/mol. The first-order valence-corrected chi connectivity index (χ1v) is 10.8. The fraction of sp³-hybridized carbons (Fsp3) is 0.292. The van der Waals surface area contributed by atoms with Crippen molar-refractivity contribution in [3.05, 3.63) is 70.8 Å². The van der Waals surface area contributed by atoms with E-state index in [-0.39, 0.29) is 11.5 Å². The third kappa shape index (κ3) is 3.63. The molecule has 3 aromatic heterocycles. The first kappa shape index (κ1) is 21.1. The number of rotatable bonds is 2. The first-order valence-electron chi connectivity index (χ1n) is 10.8. The van der Waals surface area contributed by atoms with Gasteiger partial charge in [-0.2, -0.15) is 10.2 Å². The van der Waals surface area contributed by atoms with Crippen molar-refractivity contribution in [2.24, 2.45) is 0 Å². The Morgan fingerprint density at radius 1 is 1.21 bits per heavy atom. The van der Waals surface area contributed by atoms with Crippen LogP contribution in [0.4, 0.5) is 14.6 Å². The molecule has 0 fully saturated rings. The molecule has 0 radical (unpaired) electrons. The SMILES string of the molecule is CCn1ncc2c1-c1cnc(N)c(c1)O[C@H](C)c1cc(C)ccc1-n1nc(C(F)F)cc1C2. The molecule has 1 aromatic carbocycles. The van der Waals surface area contributed by atoms with Gasteiger partial charge in [0.05, 0.1) is 17.6 Å². The van der Waals surface area contributed by atoms with Gasteiger partial charge in [0.25, 0.3) is 6.43 Å². The zero-order valence-corrected chi connectivity index (χ0v) is 18.6. The van der Waals surface area contributed by atoms with Crippen LogP contribution in [0.15, 0.2) is 42.7 Å². The lowest BCUT2D eigenvalue weighted by Gasteiger charge is -2.22. The molecule has 170 valence electrons. The average Bonchev–Trinajstić information content (AvgIpc) is 3.39. The van der Waals surface area contributed by atoms with Gasteiger partial charge in [0.1, 0.15) is 11.8 Å². The van der Waals surface area contributed by atoms with Crippen molar-refractivity contribution in [2.45, 2.75) is 46.3 Å². The third-order valence-electron chi connectivity index (χ3n) is 5.92. The van der Waals surface area contributed by atoms with Crippen LogP contribution in [-0.4, -0.2) is 24.5 Å². The van der Waals surface area contributed by atoms with Crippen LogP contribution in [0.1, 0.15) is 54.5 Å². The number of alkyl halides is 2. The van der Waals surface area contributed by atoms with Crippen LogP contribution in [-0.2, 0) is 13.0 Å². The highest BCUT2D eigenvalue weighted by atomic mass is 19.3. The van der Waals surface area contributed by atoms with Crippen LogP contribution in [0.3, 0.4) is 0 Å². The summed E-state index contributed by atoms with van der Waals surface area (Å²) in [7, 11) is 0. The molecular formula is C24H24F2N6O. The highest BCUT2D eigenvalue weighted by Crippen LogP contribution is 2.36. The molecule has 1 aliphatic heterocycles. The molecule has 0 aliphatic carbocycles. The maximum atomic E-state index is 13.7. The number of aryl methyl sites for hydroxylation is 2. The quantitative estimate of drug-likeness (QED) is 0.463. The molecule has 9 heteroatoms. The van der Waals surface area contributed by atoms with Crippen LogP contribution in [0.25, 0.3) is 16.9 Å². The highest BCUT2D eigenvalue weighted by Gasteiger charge is 2.25. The molecule has 1 aliphatic rings. The normalized spacial score (nSPS) is 15.2. The number of hydrogen-bond donors (Lipinski definition) is 1. The van der Waals surface area contributed by atoms with Crippen LogP contribution in [0.5, 0.6) is 5.75 Å². The maximum absolute atomic E-state index is 13.7. The molecule has 2 N–H and O–H groups in total. The molecule has 0 unspecified atom stereocenters. The number of nitrogen functional groups attached to an aromatic ring is 1. The summed E-state index contributed by atoms with van der Waals surface area (Å²) in [5.74, 6) is 0.734. The van der Waals surface area contributed by atoms with E-state index >= 15 is 0 Å². The summed E-state index contributed by atoms with van der Waals surface area (Å²) in [4.78, 5) is 4.36. The summed E-state index contributed by atoms with van der Waals surface area (Å²) >= 11 is 0.